The Labute approximate surface area is 96.9 Å². The highest BCUT2D eigenvalue weighted by Crippen LogP contribution is 2.26. The zero-order chi connectivity index (χ0) is 11.4. The van der Waals surface area contributed by atoms with Crippen LogP contribution < -0.4 is 0 Å². The van der Waals surface area contributed by atoms with Crippen molar-refractivity contribution in [1.29, 1.82) is 0 Å². The first-order valence-electron chi connectivity index (χ1n) is 5.62. The van der Waals surface area contributed by atoms with E-state index in [9.17, 15) is 0 Å². The summed E-state index contributed by atoms with van der Waals surface area (Å²) in [4.78, 5) is 0. The van der Waals surface area contributed by atoms with Crippen LogP contribution in [0.1, 0.15) is 18.1 Å². The van der Waals surface area contributed by atoms with E-state index in [1.807, 2.05) is 6.08 Å². The molecule has 0 N–H and O–H groups in total. The van der Waals surface area contributed by atoms with Crippen LogP contribution in [0.5, 0.6) is 0 Å². The minimum atomic E-state index is -0.0111. The summed E-state index contributed by atoms with van der Waals surface area (Å²) in [6.45, 7) is 7.96. The number of rotatable bonds is 6. The van der Waals surface area contributed by atoms with Crippen molar-refractivity contribution in [1.82, 2.24) is 0 Å². The van der Waals surface area contributed by atoms with Gasteiger partial charge in [0, 0.05) is 0 Å². The Balaban J connectivity index is 1.78. The van der Waals surface area contributed by atoms with Gasteiger partial charge >= 0.3 is 0 Å². The van der Waals surface area contributed by atoms with E-state index in [2.05, 4.69) is 37.8 Å². The van der Waals surface area contributed by atoms with Gasteiger partial charge in [0.15, 0.2) is 0 Å². The summed E-state index contributed by atoms with van der Waals surface area (Å²) in [5, 5.41) is 0. The summed E-state index contributed by atoms with van der Waals surface area (Å²) in [7, 11) is 0. The third kappa shape index (κ3) is 3.19. The quantitative estimate of drug-likeness (QED) is 0.541. The summed E-state index contributed by atoms with van der Waals surface area (Å²) < 4.78 is 10.9. The van der Waals surface area contributed by atoms with Gasteiger partial charge in [0.2, 0.25) is 0 Å². The topological polar surface area (TPSA) is 21.8 Å². The van der Waals surface area contributed by atoms with Crippen LogP contribution in [0, 0.1) is 0 Å². The molecule has 2 heteroatoms. The highest BCUT2D eigenvalue weighted by atomic mass is 16.6. The minimum absolute atomic E-state index is 0.0111. The lowest BCUT2D eigenvalue weighted by Gasteiger charge is -2.07. The van der Waals surface area contributed by atoms with Gasteiger partial charge in [0.1, 0.15) is 5.60 Å². The highest BCUT2D eigenvalue weighted by Gasteiger charge is 2.39. The van der Waals surface area contributed by atoms with Crippen molar-refractivity contribution in [3.63, 3.8) is 0 Å². The fourth-order valence-electron chi connectivity index (χ4n) is 1.53. The Morgan fingerprint density at radius 1 is 1.38 bits per heavy atom. The SMILES string of the molecule is C=CCc1ccc(COCC2(C)CO2)cc1. The van der Waals surface area contributed by atoms with Crippen molar-refractivity contribution in [3.8, 4) is 0 Å². The fourth-order valence-corrected chi connectivity index (χ4v) is 1.53. The average molecular weight is 218 g/mol. The van der Waals surface area contributed by atoms with Gasteiger partial charge in [0.25, 0.3) is 0 Å². The summed E-state index contributed by atoms with van der Waals surface area (Å²) in [6, 6.07) is 8.45. The molecule has 1 heterocycles. The number of ether oxygens (including phenoxy) is 2. The predicted molar refractivity (Wildman–Crippen MR) is 64.4 cm³/mol. The van der Waals surface area contributed by atoms with E-state index in [1.165, 1.54) is 11.1 Å². The largest absolute Gasteiger partial charge is 0.374 e. The third-order valence-corrected chi connectivity index (χ3v) is 2.72. The Kier molecular flexibility index (Phi) is 3.42. The molecule has 0 radical (unpaired) electrons. The Morgan fingerprint density at radius 2 is 2.00 bits per heavy atom. The standard InChI is InChI=1S/C14H18O2/c1-3-4-12-5-7-13(8-6-12)9-15-10-14(2)11-16-14/h3,5-8H,1,4,9-11H2,2H3. The molecule has 16 heavy (non-hydrogen) atoms. The molecule has 0 bridgehead atoms. The van der Waals surface area contributed by atoms with Crippen molar-refractivity contribution >= 4 is 0 Å². The van der Waals surface area contributed by atoms with E-state index in [0.717, 1.165) is 13.0 Å². The second kappa shape index (κ2) is 4.81. The molecule has 1 aliphatic heterocycles. The number of hydrogen-bond donors (Lipinski definition) is 0. The van der Waals surface area contributed by atoms with Crippen molar-refractivity contribution < 1.29 is 9.47 Å². The second-order valence-electron chi connectivity index (χ2n) is 4.54. The zero-order valence-corrected chi connectivity index (χ0v) is 9.74. The molecule has 1 aromatic rings. The maximum Gasteiger partial charge on any atom is 0.112 e. The molecule has 1 aliphatic rings. The first kappa shape index (κ1) is 11.4. The van der Waals surface area contributed by atoms with Gasteiger partial charge in [-0.15, -0.1) is 6.58 Å². The zero-order valence-electron chi connectivity index (χ0n) is 9.74. The van der Waals surface area contributed by atoms with Crippen molar-refractivity contribution in [2.24, 2.45) is 0 Å². The molecule has 1 unspecified atom stereocenters. The van der Waals surface area contributed by atoms with Crippen LogP contribution in [-0.4, -0.2) is 18.8 Å². The molecule has 0 aliphatic carbocycles. The van der Waals surface area contributed by atoms with E-state index < -0.39 is 0 Å². The second-order valence-corrected chi connectivity index (χ2v) is 4.54. The normalized spacial score (nSPS) is 23.1. The van der Waals surface area contributed by atoms with Crippen LogP contribution in [0.3, 0.4) is 0 Å². The first-order valence-corrected chi connectivity index (χ1v) is 5.62. The van der Waals surface area contributed by atoms with Crippen LogP contribution in [0.15, 0.2) is 36.9 Å². The Bertz CT molecular complexity index is 350. The van der Waals surface area contributed by atoms with Gasteiger partial charge in [-0.1, -0.05) is 30.3 Å². The summed E-state index contributed by atoms with van der Waals surface area (Å²) in [6.07, 6.45) is 2.84. The van der Waals surface area contributed by atoms with Crippen molar-refractivity contribution in [3.05, 3.63) is 48.0 Å². The fraction of sp³-hybridized carbons (Fsp3) is 0.429. The third-order valence-electron chi connectivity index (χ3n) is 2.72. The van der Waals surface area contributed by atoms with Crippen LogP contribution in [0.2, 0.25) is 0 Å². The molecule has 0 aromatic heterocycles. The minimum Gasteiger partial charge on any atom is -0.374 e. The predicted octanol–water partition coefficient (Wildman–Crippen LogP) is 2.72. The molecule has 86 valence electrons. The molecule has 2 rings (SSSR count). The average Bonchev–Trinajstić information content (AvgIpc) is 3.00. The van der Waals surface area contributed by atoms with E-state index >= 15 is 0 Å². The molecule has 1 atom stereocenters. The molecule has 1 aromatic carbocycles. The van der Waals surface area contributed by atoms with Gasteiger partial charge in [-0.2, -0.15) is 0 Å². The molecule has 2 nitrogen and oxygen atoms in total. The van der Waals surface area contributed by atoms with Crippen molar-refractivity contribution in [2.75, 3.05) is 13.2 Å². The van der Waals surface area contributed by atoms with Gasteiger partial charge in [-0.25, -0.2) is 0 Å². The van der Waals surface area contributed by atoms with Crippen LogP contribution >= 0.6 is 0 Å². The van der Waals surface area contributed by atoms with E-state index in [4.69, 9.17) is 9.47 Å². The number of allylic oxidation sites excluding steroid dienone is 1. The van der Waals surface area contributed by atoms with Crippen LogP contribution in [0.4, 0.5) is 0 Å². The molecule has 0 saturated carbocycles. The van der Waals surface area contributed by atoms with E-state index in [0.29, 0.717) is 13.2 Å². The van der Waals surface area contributed by atoms with Gasteiger partial charge in [0.05, 0.1) is 19.8 Å². The highest BCUT2D eigenvalue weighted by molar-refractivity contribution is 5.23. The first-order chi connectivity index (χ1) is 7.72. The maximum atomic E-state index is 5.60. The lowest BCUT2D eigenvalue weighted by atomic mass is 10.1. The van der Waals surface area contributed by atoms with Gasteiger partial charge in [-0.3, -0.25) is 0 Å². The lowest BCUT2D eigenvalue weighted by Crippen LogP contribution is -2.14. The van der Waals surface area contributed by atoms with Crippen molar-refractivity contribution in [2.45, 2.75) is 25.6 Å². The van der Waals surface area contributed by atoms with Crippen LogP contribution in [-0.2, 0) is 22.5 Å². The molecule has 0 spiro atoms. The smallest absolute Gasteiger partial charge is 0.112 e. The number of benzene rings is 1. The molecule has 1 fully saturated rings. The maximum absolute atomic E-state index is 5.60. The number of epoxide rings is 1. The lowest BCUT2D eigenvalue weighted by molar-refractivity contribution is 0.0742. The molecular weight excluding hydrogens is 200 g/mol. The summed E-state index contributed by atoms with van der Waals surface area (Å²) in [5.74, 6) is 0. The van der Waals surface area contributed by atoms with Crippen LogP contribution in [0.25, 0.3) is 0 Å². The van der Waals surface area contributed by atoms with E-state index in [-0.39, 0.29) is 5.60 Å². The van der Waals surface area contributed by atoms with Gasteiger partial charge < -0.3 is 9.47 Å². The molecular formula is C14H18O2. The van der Waals surface area contributed by atoms with Gasteiger partial charge in [-0.05, 0) is 24.5 Å². The monoisotopic (exact) mass is 218 g/mol. The molecule has 1 saturated heterocycles. The summed E-state index contributed by atoms with van der Waals surface area (Å²) >= 11 is 0. The molecule has 0 amide bonds. The Morgan fingerprint density at radius 3 is 2.56 bits per heavy atom. The number of hydrogen-bond acceptors (Lipinski definition) is 2. The summed E-state index contributed by atoms with van der Waals surface area (Å²) in [5.41, 5.74) is 2.48. The van der Waals surface area contributed by atoms with E-state index in [1.54, 1.807) is 0 Å². The Hall–Kier alpha value is -1.12.